The van der Waals surface area contributed by atoms with Crippen LogP contribution in [0.5, 0.6) is 0 Å². The van der Waals surface area contributed by atoms with Gasteiger partial charge in [-0.25, -0.2) is 0 Å². The van der Waals surface area contributed by atoms with Crippen LogP contribution in [-0.2, 0) is 0 Å². The number of hydrogen-bond donors (Lipinski definition) is 0. The van der Waals surface area contributed by atoms with Crippen molar-refractivity contribution < 1.29 is 4.79 Å². The molecule has 3 aromatic carbocycles. The summed E-state index contributed by atoms with van der Waals surface area (Å²) in [5.41, 5.74) is 3.08. The van der Waals surface area contributed by atoms with Crippen molar-refractivity contribution in [3.63, 3.8) is 0 Å². The number of ketones is 1. The van der Waals surface area contributed by atoms with Crippen LogP contribution in [0.4, 0.5) is 0 Å². The van der Waals surface area contributed by atoms with E-state index in [0.29, 0.717) is 11.3 Å². The molecule has 0 heterocycles. The van der Waals surface area contributed by atoms with Crippen LogP contribution in [0.1, 0.15) is 34.5 Å². The first-order valence-electron chi connectivity index (χ1n) is 8.03. The topological polar surface area (TPSA) is 29.4 Å². The average Bonchev–Trinajstić information content (AvgIpc) is 2.67. The first-order chi connectivity index (χ1) is 11.8. The Morgan fingerprint density at radius 3 is 1.71 bits per heavy atom. The SMILES string of the molecule is C[C@H](N=C(C(=O)c1ccccc1)c1ccccc1)c1ccccc1. The van der Waals surface area contributed by atoms with E-state index in [9.17, 15) is 4.79 Å². The van der Waals surface area contributed by atoms with Gasteiger partial charge in [0.2, 0.25) is 5.78 Å². The van der Waals surface area contributed by atoms with Crippen LogP contribution in [0.15, 0.2) is 96.0 Å². The van der Waals surface area contributed by atoms with E-state index in [1.165, 1.54) is 0 Å². The summed E-state index contributed by atoms with van der Waals surface area (Å²) in [4.78, 5) is 17.7. The number of carbonyl (C=O) groups is 1. The number of hydrogen-bond acceptors (Lipinski definition) is 2. The Morgan fingerprint density at radius 2 is 1.17 bits per heavy atom. The number of aliphatic imine (C=N–C) groups is 1. The molecule has 0 aliphatic carbocycles. The van der Waals surface area contributed by atoms with Crippen LogP contribution in [0, 0.1) is 0 Å². The maximum absolute atomic E-state index is 13.0. The Bertz CT molecular complexity index is 824. The third kappa shape index (κ3) is 3.66. The molecule has 2 heteroatoms. The second-order valence-electron chi connectivity index (χ2n) is 5.63. The van der Waals surface area contributed by atoms with Gasteiger partial charge in [0.05, 0.1) is 6.04 Å². The second-order valence-corrected chi connectivity index (χ2v) is 5.63. The molecule has 0 amide bonds. The highest BCUT2D eigenvalue weighted by atomic mass is 16.1. The maximum atomic E-state index is 13.0. The fraction of sp³-hybridized carbons (Fsp3) is 0.0909. The fourth-order valence-corrected chi connectivity index (χ4v) is 2.59. The smallest absolute Gasteiger partial charge is 0.211 e. The minimum atomic E-state index is -0.0888. The van der Waals surface area contributed by atoms with Crippen molar-refractivity contribution in [2.45, 2.75) is 13.0 Å². The van der Waals surface area contributed by atoms with Gasteiger partial charge in [0.15, 0.2) is 0 Å². The second kappa shape index (κ2) is 7.51. The number of carbonyl (C=O) groups excluding carboxylic acids is 1. The van der Waals surface area contributed by atoms with Gasteiger partial charge in [-0.1, -0.05) is 91.0 Å². The van der Waals surface area contributed by atoms with Crippen molar-refractivity contribution in [1.29, 1.82) is 0 Å². The molecule has 0 bridgehead atoms. The van der Waals surface area contributed by atoms with Gasteiger partial charge >= 0.3 is 0 Å². The number of nitrogens with zero attached hydrogens (tertiary/aromatic N) is 1. The Balaban J connectivity index is 2.03. The molecule has 0 aliphatic heterocycles. The van der Waals surface area contributed by atoms with Crippen LogP contribution in [0.2, 0.25) is 0 Å². The van der Waals surface area contributed by atoms with Crippen LogP contribution in [0.3, 0.4) is 0 Å². The summed E-state index contributed by atoms with van der Waals surface area (Å²) in [7, 11) is 0. The lowest BCUT2D eigenvalue weighted by atomic mass is 9.99. The van der Waals surface area contributed by atoms with E-state index in [1.807, 2.05) is 97.9 Å². The molecule has 0 saturated carbocycles. The van der Waals surface area contributed by atoms with Crippen molar-refractivity contribution >= 4 is 11.5 Å². The summed E-state index contributed by atoms with van der Waals surface area (Å²) >= 11 is 0. The van der Waals surface area contributed by atoms with Crippen LogP contribution < -0.4 is 0 Å². The van der Waals surface area contributed by atoms with E-state index in [0.717, 1.165) is 11.1 Å². The van der Waals surface area contributed by atoms with Crippen molar-refractivity contribution in [2.24, 2.45) is 4.99 Å². The highest BCUT2D eigenvalue weighted by Gasteiger charge is 2.17. The monoisotopic (exact) mass is 313 g/mol. The first kappa shape index (κ1) is 15.9. The zero-order valence-electron chi connectivity index (χ0n) is 13.6. The molecular formula is C22H19NO. The molecule has 0 spiro atoms. The van der Waals surface area contributed by atoms with Gasteiger partial charge in [0, 0.05) is 11.1 Å². The summed E-state index contributed by atoms with van der Waals surface area (Å²) < 4.78 is 0. The molecule has 0 aliphatic rings. The average molecular weight is 313 g/mol. The summed E-state index contributed by atoms with van der Waals surface area (Å²) in [6, 6.07) is 28.9. The summed E-state index contributed by atoms with van der Waals surface area (Å²) in [6.07, 6.45) is 0. The van der Waals surface area contributed by atoms with E-state index in [2.05, 4.69) is 0 Å². The molecule has 3 aromatic rings. The molecule has 0 unspecified atom stereocenters. The molecular weight excluding hydrogens is 294 g/mol. The first-order valence-corrected chi connectivity index (χ1v) is 8.03. The summed E-state index contributed by atoms with van der Waals surface area (Å²) in [5, 5.41) is 0. The maximum Gasteiger partial charge on any atom is 0.211 e. The Kier molecular flexibility index (Phi) is 4.97. The number of rotatable bonds is 5. The molecule has 0 N–H and O–H groups in total. The molecule has 24 heavy (non-hydrogen) atoms. The molecule has 0 radical (unpaired) electrons. The largest absolute Gasteiger partial charge is 0.287 e. The predicted octanol–water partition coefficient (Wildman–Crippen LogP) is 5.12. The van der Waals surface area contributed by atoms with Crippen molar-refractivity contribution in [1.82, 2.24) is 0 Å². The molecule has 1 atom stereocenters. The Labute approximate surface area is 142 Å². The fourth-order valence-electron chi connectivity index (χ4n) is 2.59. The van der Waals surface area contributed by atoms with Gasteiger partial charge in [0.1, 0.15) is 5.71 Å². The molecule has 0 saturated heterocycles. The molecule has 0 aromatic heterocycles. The summed E-state index contributed by atoms with van der Waals surface area (Å²) in [5.74, 6) is -0.0513. The number of Topliss-reactive ketones (excluding diaryl/α,β-unsaturated/α-hetero) is 1. The van der Waals surface area contributed by atoms with E-state index in [1.54, 1.807) is 0 Å². The van der Waals surface area contributed by atoms with Crippen molar-refractivity contribution in [2.75, 3.05) is 0 Å². The van der Waals surface area contributed by atoms with Gasteiger partial charge in [-0.2, -0.15) is 0 Å². The van der Waals surface area contributed by atoms with Crippen LogP contribution >= 0.6 is 0 Å². The van der Waals surface area contributed by atoms with E-state index in [4.69, 9.17) is 4.99 Å². The van der Waals surface area contributed by atoms with Gasteiger partial charge in [-0.15, -0.1) is 0 Å². The van der Waals surface area contributed by atoms with Gasteiger partial charge in [-0.05, 0) is 12.5 Å². The molecule has 3 rings (SSSR count). The van der Waals surface area contributed by atoms with Crippen LogP contribution in [0.25, 0.3) is 0 Å². The minimum absolute atomic E-state index is 0.0513. The normalized spacial score (nSPS) is 12.6. The highest BCUT2D eigenvalue weighted by Crippen LogP contribution is 2.19. The van der Waals surface area contributed by atoms with Gasteiger partial charge in [0.25, 0.3) is 0 Å². The third-order valence-electron chi connectivity index (χ3n) is 3.90. The zero-order chi connectivity index (χ0) is 16.8. The van der Waals surface area contributed by atoms with Gasteiger partial charge in [-0.3, -0.25) is 9.79 Å². The molecule has 0 fully saturated rings. The highest BCUT2D eigenvalue weighted by molar-refractivity contribution is 6.51. The van der Waals surface area contributed by atoms with E-state index in [-0.39, 0.29) is 11.8 Å². The standard InChI is InChI=1S/C22H19NO/c1-17(18-11-5-2-6-12-18)23-21(19-13-7-3-8-14-19)22(24)20-15-9-4-10-16-20/h2-17H,1H3/t17-/m0/s1. The van der Waals surface area contributed by atoms with Crippen molar-refractivity contribution in [3.05, 3.63) is 108 Å². The van der Waals surface area contributed by atoms with Crippen LogP contribution in [-0.4, -0.2) is 11.5 Å². The quantitative estimate of drug-likeness (QED) is 0.475. The lowest BCUT2D eigenvalue weighted by molar-refractivity contribution is 0.106. The van der Waals surface area contributed by atoms with E-state index >= 15 is 0 Å². The lowest BCUT2D eigenvalue weighted by Gasteiger charge is -2.12. The van der Waals surface area contributed by atoms with Crippen molar-refractivity contribution in [3.8, 4) is 0 Å². The Morgan fingerprint density at radius 1 is 0.708 bits per heavy atom. The zero-order valence-corrected chi connectivity index (χ0v) is 13.6. The van der Waals surface area contributed by atoms with Gasteiger partial charge < -0.3 is 0 Å². The minimum Gasteiger partial charge on any atom is -0.287 e. The molecule has 2 nitrogen and oxygen atoms in total. The Hall–Kier alpha value is -3.00. The number of benzene rings is 3. The molecule has 118 valence electrons. The predicted molar refractivity (Wildman–Crippen MR) is 98.6 cm³/mol. The third-order valence-corrected chi connectivity index (χ3v) is 3.90. The van der Waals surface area contributed by atoms with E-state index < -0.39 is 0 Å². The summed E-state index contributed by atoms with van der Waals surface area (Å²) in [6.45, 7) is 2.01. The lowest BCUT2D eigenvalue weighted by Crippen LogP contribution is -2.17.